The molecular weight excluding hydrogens is 408 g/mol. The number of hydrogen-bond acceptors (Lipinski definition) is 5. The van der Waals surface area contributed by atoms with Gasteiger partial charge in [0.1, 0.15) is 17.2 Å². The second-order valence-electron chi connectivity index (χ2n) is 8.43. The zero-order valence-corrected chi connectivity index (χ0v) is 18.8. The van der Waals surface area contributed by atoms with Gasteiger partial charge in [-0.1, -0.05) is 12.8 Å². The minimum absolute atomic E-state index is 0.0706. The molecule has 1 aliphatic carbocycles. The summed E-state index contributed by atoms with van der Waals surface area (Å²) in [5.41, 5.74) is 2.47. The highest BCUT2D eigenvalue weighted by atomic mass is 16.5. The predicted molar refractivity (Wildman–Crippen MR) is 121 cm³/mol. The van der Waals surface area contributed by atoms with Gasteiger partial charge in [-0.3, -0.25) is 9.59 Å². The minimum atomic E-state index is -0.612. The Balaban J connectivity index is 1.56. The zero-order chi connectivity index (χ0) is 22.7. The first-order chi connectivity index (χ1) is 15.5. The van der Waals surface area contributed by atoms with E-state index in [0.29, 0.717) is 30.3 Å². The topological polar surface area (TPSA) is 77.1 Å². The van der Waals surface area contributed by atoms with Crippen LogP contribution in [0.3, 0.4) is 0 Å². The van der Waals surface area contributed by atoms with Gasteiger partial charge < -0.3 is 24.4 Å². The first-order valence-electron chi connectivity index (χ1n) is 11.1. The quantitative estimate of drug-likeness (QED) is 0.733. The standard InChI is InChI=1S/C25H30N2O5/c1-16-25(29)27(14-18-8-10-21(30-2)13-23(18)31-3)15-19-12-20(9-11-22(19)32-16)26-24(28)17-6-4-5-7-17/h8-13,16-17H,4-7,14-15H2,1-3H3,(H,26,28). The van der Waals surface area contributed by atoms with Gasteiger partial charge >= 0.3 is 0 Å². The number of nitrogens with zero attached hydrogens (tertiary/aromatic N) is 1. The van der Waals surface area contributed by atoms with Gasteiger partial charge in [0.25, 0.3) is 5.91 Å². The van der Waals surface area contributed by atoms with Crippen LogP contribution in [0.2, 0.25) is 0 Å². The van der Waals surface area contributed by atoms with E-state index < -0.39 is 6.10 Å². The molecule has 1 saturated carbocycles. The Kier molecular flexibility index (Phi) is 6.53. The van der Waals surface area contributed by atoms with Crippen molar-refractivity contribution in [2.75, 3.05) is 19.5 Å². The molecule has 170 valence electrons. The van der Waals surface area contributed by atoms with Crippen LogP contribution in [-0.2, 0) is 22.7 Å². The Bertz CT molecular complexity index is 1000. The lowest BCUT2D eigenvalue weighted by atomic mass is 10.1. The second-order valence-corrected chi connectivity index (χ2v) is 8.43. The summed E-state index contributed by atoms with van der Waals surface area (Å²) < 4.78 is 16.7. The third kappa shape index (κ3) is 4.66. The highest BCUT2D eigenvalue weighted by Crippen LogP contribution is 2.32. The van der Waals surface area contributed by atoms with Crippen LogP contribution in [0.25, 0.3) is 0 Å². The summed E-state index contributed by atoms with van der Waals surface area (Å²) in [7, 11) is 3.20. The molecule has 2 aromatic rings. The van der Waals surface area contributed by atoms with Gasteiger partial charge in [-0.2, -0.15) is 0 Å². The van der Waals surface area contributed by atoms with Crippen LogP contribution >= 0.6 is 0 Å². The molecule has 32 heavy (non-hydrogen) atoms. The van der Waals surface area contributed by atoms with Crippen LogP contribution in [0.5, 0.6) is 17.2 Å². The van der Waals surface area contributed by atoms with E-state index in [-0.39, 0.29) is 17.7 Å². The number of rotatable bonds is 6. The molecule has 1 unspecified atom stereocenters. The lowest BCUT2D eigenvalue weighted by Gasteiger charge is -2.23. The number of carbonyl (C=O) groups excluding carboxylic acids is 2. The van der Waals surface area contributed by atoms with Crippen LogP contribution in [0.1, 0.15) is 43.7 Å². The van der Waals surface area contributed by atoms with E-state index in [0.717, 1.165) is 42.5 Å². The summed E-state index contributed by atoms with van der Waals surface area (Å²) in [6.07, 6.45) is 3.51. The number of benzene rings is 2. The number of ether oxygens (including phenoxy) is 3. The van der Waals surface area contributed by atoms with Crippen molar-refractivity contribution < 1.29 is 23.8 Å². The molecule has 7 heteroatoms. The molecule has 4 rings (SSSR count). The number of anilines is 1. The maximum Gasteiger partial charge on any atom is 0.263 e. The van der Waals surface area contributed by atoms with Gasteiger partial charge in [0.15, 0.2) is 6.10 Å². The van der Waals surface area contributed by atoms with Crippen molar-refractivity contribution >= 4 is 17.5 Å². The van der Waals surface area contributed by atoms with Crippen LogP contribution < -0.4 is 19.5 Å². The largest absolute Gasteiger partial charge is 0.497 e. The van der Waals surface area contributed by atoms with Gasteiger partial charge in [0.2, 0.25) is 5.91 Å². The molecule has 1 heterocycles. The maximum atomic E-state index is 13.0. The summed E-state index contributed by atoms with van der Waals surface area (Å²) in [5.74, 6) is 2.07. The van der Waals surface area contributed by atoms with E-state index in [4.69, 9.17) is 14.2 Å². The number of amides is 2. The van der Waals surface area contributed by atoms with Gasteiger partial charge in [-0.05, 0) is 50.1 Å². The average Bonchev–Trinajstić information content (AvgIpc) is 3.31. The lowest BCUT2D eigenvalue weighted by molar-refractivity contribution is -0.138. The van der Waals surface area contributed by atoms with Crippen molar-refractivity contribution in [2.24, 2.45) is 5.92 Å². The SMILES string of the molecule is COc1ccc(CN2Cc3cc(NC(=O)C4CCCC4)ccc3OC(C)C2=O)c(OC)c1. The van der Waals surface area contributed by atoms with E-state index in [2.05, 4.69) is 5.32 Å². The fourth-order valence-electron chi connectivity index (χ4n) is 4.43. The Morgan fingerprint density at radius 3 is 2.62 bits per heavy atom. The molecule has 2 aromatic carbocycles. The third-order valence-corrected chi connectivity index (χ3v) is 6.23. The fraction of sp³-hybridized carbons (Fsp3) is 0.440. The summed E-state index contributed by atoms with van der Waals surface area (Å²) in [6.45, 7) is 2.50. The van der Waals surface area contributed by atoms with Crippen LogP contribution in [-0.4, -0.2) is 37.0 Å². The number of methoxy groups -OCH3 is 2. The molecule has 1 aliphatic heterocycles. The number of hydrogen-bond donors (Lipinski definition) is 1. The normalized spacial score (nSPS) is 18.5. The maximum absolute atomic E-state index is 13.0. The highest BCUT2D eigenvalue weighted by Gasteiger charge is 2.29. The van der Waals surface area contributed by atoms with Crippen molar-refractivity contribution in [3.63, 3.8) is 0 Å². The second kappa shape index (κ2) is 9.51. The van der Waals surface area contributed by atoms with Crippen LogP contribution in [0.4, 0.5) is 5.69 Å². The number of fused-ring (bicyclic) bond motifs is 1. The third-order valence-electron chi connectivity index (χ3n) is 6.23. The van der Waals surface area contributed by atoms with E-state index in [1.54, 1.807) is 26.0 Å². The van der Waals surface area contributed by atoms with Gasteiger partial charge in [0.05, 0.1) is 14.2 Å². The van der Waals surface area contributed by atoms with Crippen molar-refractivity contribution in [2.45, 2.75) is 51.8 Å². The first kappa shape index (κ1) is 22.0. The van der Waals surface area contributed by atoms with Crippen molar-refractivity contribution in [1.82, 2.24) is 4.90 Å². The Morgan fingerprint density at radius 1 is 1.12 bits per heavy atom. The fourth-order valence-corrected chi connectivity index (χ4v) is 4.43. The number of nitrogens with one attached hydrogen (secondary N) is 1. The molecule has 0 aromatic heterocycles. The molecule has 1 fully saturated rings. The van der Waals surface area contributed by atoms with Crippen molar-refractivity contribution in [3.8, 4) is 17.2 Å². The van der Waals surface area contributed by atoms with Crippen molar-refractivity contribution in [3.05, 3.63) is 47.5 Å². The molecule has 0 saturated heterocycles. The lowest BCUT2D eigenvalue weighted by Crippen LogP contribution is -2.37. The summed E-state index contributed by atoms with van der Waals surface area (Å²) >= 11 is 0. The number of carbonyl (C=O) groups is 2. The highest BCUT2D eigenvalue weighted by molar-refractivity contribution is 5.93. The van der Waals surface area contributed by atoms with Gasteiger partial charge in [-0.15, -0.1) is 0 Å². The summed E-state index contributed by atoms with van der Waals surface area (Å²) in [6, 6.07) is 11.1. The zero-order valence-electron chi connectivity index (χ0n) is 18.8. The molecule has 7 nitrogen and oxygen atoms in total. The molecule has 2 aliphatic rings. The molecular formula is C25H30N2O5. The molecule has 1 atom stereocenters. The predicted octanol–water partition coefficient (Wildman–Crippen LogP) is 4.14. The minimum Gasteiger partial charge on any atom is -0.497 e. The first-order valence-corrected chi connectivity index (χ1v) is 11.1. The van der Waals surface area contributed by atoms with Crippen molar-refractivity contribution in [1.29, 1.82) is 0 Å². The van der Waals surface area contributed by atoms with Gasteiger partial charge in [-0.25, -0.2) is 0 Å². The van der Waals surface area contributed by atoms with Crippen LogP contribution in [0.15, 0.2) is 36.4 Å². The Labute approximate surface area is 188 Å². The molecule has 0 radical (unpaired) electrons. The molecule has 2 amide bonds. The summed E-state index contributed by atoms with van der Waals surface area (Å²) in [5, 5.41) is 3.04. The monoisotopic (exact) mass is 438 g/mol. The summed E-state index contributed by atoms with van der Waals surface area (Å²) in [4.78, 5) is 27.3. The van der Waals surface area contributed by atoms with Gasteiger partial charge in [0, 0.05) is 41.9 Å². The Hall–Kier alpha value is -3.22. The molecule has 1 N–H and O–H groups in total. The van der Waals surface area contributed by atoms with E-state index in [1.165, 1.54) is 0 Å². The molecule has 0 spiro atoms. The van der Waals surface area contributed by atoms with E-state index in [1.807, 2.05) is 36.4 Å². The van der Waals surface area contributed by atoms with E-state index >= 15 is 0 Å². The average molecular weight is 439 g/mol. The smallest absolute Gasteiger partial charge is 0.263 e. The Morgan fingerprint density at radius 2 is 1.91 bits per heavy atom. The molecule has 0 bridgehead atoms. The van der Waals surface area contributed by atoms with Crippen LogP contribution in [0, 0.1) is 5.92 Å². The van der Waals surface area contributed by atoms with E-state index in [9.17, 15) is 9.59 Å².